The summed E-state index contributed by atoms with van der Waals surface area (Å²) >= 11 is 6.00. The minimum atomic E-state index is -0.542. The van der Waals surface area contributed by atoms with Crippen molar-refractivity contribution in [2.45, 2.75) is 13.0 Å². The summed E-state index contributed by atoms with van der Waals surface area (Å²) in [7, 11) is 3.35. The summed E-state index contributed by atoms with van der Waals surface area (Å²) < 4.78 is 10.2. The summed E-state index contributed by atoms with van der Waals surface area (Å²) in [6, 6.07) is 5.62. The zero-order valence-electron chi connectivity index (χ0n) is 12.4. The maximum atomic E-state index is 10.3. The van der Waals surface area contributed by atoms with Crippen LogP contribution in [0, 0.1) is 6.92 Å². The number of nitrogens with zero attached hydrogens (tertiary/aromatic N) is 1. The topological polar surface area (TPSA) is 41.9 Å². The monoisotopic (exact) mass is 301 g/mol. The van der Waals surface area contributed by atoms with Gasteiger partial charge in [-0.1, -0.05) is 23.7 Å². The van der Waals surface area contributed by atoms with Crippen molar-refractivity contribution in [3.05, 3.63) is 34.3 Å². The molecule has 114 valence electrons. The second kappa shape index (κ2) is 9.32. The Morgan fingerprint density at radius 3 is 2.30 bits per heavy atom. The fourth-order valence-corrected chi connectivity index (χ4v) is 2.08. The highest BCUT2D eigenvalue weighted by Crippen LogP contribution is 2.21. The van der Waals surface area contributed by atoms with Crippen LogP contribution in [0.5, 0.6) is 0 Å². The molecule has 0 radical (unpaired) electrons. The molecule has 1 aromatic rings. The molecule has 5 heteroatoms. The molecule has 0 bridgehead atoms. The summed E-state index contributed by atoms with van der Waals surface area (Å²) in [4.78, 5) is 2.13. The first-order valence-electron chi connectivity index (χ1n) is 6.72. The zero-order chi connectivity index (χ0) is 15.0. The van der Waals surface area contributed by atoms with Crippen molar-refractivity contribution in [1.29, 1.82) is 0 Å². The molecule has 1 atom stereocenters. The number of rotatable bonds is 9. The van der Waals surface area contributed by atoms with Crippen LogP contribution in [-0.4, -0.2) is 57.1 Å². The minimum absolute atomic E-state index is 0.542. The van der Waals surface area contributed by atoms with Crippen molar-refractivity contribution in [3.63, 3.8) is 0 Å². The van der Waals surface area contributed by atoms with E-state index in [1.54, 1.807) is 14.2 Å². The first kappa shape index (κ1) is 17.4. The largest absolute Gasteiger partial charge is 0.387 e. The number of halogens is 1. The highest BCUT2D eigenvalue weighted by atomic mass is 35.5. The molecule has 0 aliphatic heterocycles. The molecule has 1 aromatic carbocycles. The summed E-state index contributed by atoms with van der Waals surface area (Å²) in [5.74, 6) is 0. The molecular formula is C15H24ClNO3. The predicted octanol–water partition coefficient (Wildman–Crippen LogP) is 2.28. The van der Waals surface area contributed by atoms with Gasteiger partial charge in [0.25, 0.3) is 0 Å². The standard InChI is InChI=1S/C15H24ClNO3/c1-12-10-13(4-5-14(12)16)15(18)11-17(6-8-19-2)7-9-20-3/h4-5,10,15,18H,6-9,11H2,1-3H3. The Labute approximate surface area is 126 Å². The van der Waals surface area contributed by atoms with Crippen molar-refractivity contribution in [1.82, 2.24) is 4.90 Å². The van der Waals surface area contributed by atoms with Gasteiger partial charge in [-0.25, -0.2) is 0 Å². The Morgan fingerprint density at radius 1 is 1.20 bits per heavy atom. The summed E-state index contributed by atoms with van der Waals surface area (Å²) in [5, 5.41) is 11.1. The van der Waals surface area contributed by atoms with Crippen molar-refractivity contribution >= 4 is 11.6 Å². The summed E-state index contributed by atoms with van der Waals surface area (Å²) in [6.07, 6.45) is -0.542. The number of aryl methyl sites for hydroxylation is 1. The van der Waals surface area contributed by atoms with E-state index >= 15 is 0 Å². The van der Waals surface area contributed by atoms with Crippen molar-refractivity contribution in [2.75, 3.05) is 47.1 Å². The number of aliphatic hydroxyl groups is 1. The first-order valence-corrected chi connectivity index (χ1v) is 7.10. The Bertz CT molecular complexity index is 393. The van der Waals surface area contributed by atoms with Gasteiger partial charge in [-0.3, -0.25) is 4.90 Å². The van der Waals surface area contributed by atoms with Gasteiger partial charge in [0.05, 0.1) is 19.3 Å². The first-order chi connectivity index (χ1) is 9.58. The van der Waals surface area contributed by atoms with E-state index < -0.39 is 6.10 Å². The number of aliphatic hydroxyl groups excluding tert-OH is 1. The van der Waals surface area contributed by atoms with Gasteiger partial charge in [0, 0.05) is 38.9 Å². The smallest absolute Gasteiger partial charge is 0.0917 e. The molecule has 0 amide bonds. The van der Waals surface area contributed by atoms with Gasteiger partial charge >= 0.3 is 0 Å². The van der Waals surface area contributed by atoms with Crippen LogP contribution in [0.1, 0.15) is 17.2 Å². The Balaban J connectivity index is 2.62. The second-order valence-corrected chi connectivity index (χ2v) is 5.22. The summed E-state index contributed by atoms with van der Waals surface area (Å²) in [5.41, 5.74) is 1.86. The van der Waals surface area contributed by atoms with E-state index in [9.17, 15) is 5.11 Å². The molecule has 0 saturated carbocycles. The molecular weight excluding hydrogens is 278 g/mol. The van der Waals surface area contributed by atoms with E-state index in [-0.39, 0.29) is 0 Å². The van der Waals surface area contributed by atoms with E-state index in [4.69, 9.17) is 21.1 Å². The van der Waals surface area contributed by atoms with Crippen LogP contribution in [0.15, 0.2) is 18.2 Å². The number of hydrogen-bond donors (Lipinski definition) is 1. The predicted molar refractivity (Wildman–Crippen MR) is 81.3 cm³/mol. The lowest BCUT2D eigenvalue weighted by molar-refractivity contribution is 0.0697. The highest BCUT2D eigenvalue weighted by Gasteiger charge is 2.14. The van der Waals surface area contributed by atoms with Crippen LogP contribution in [0.2, 0.25) is 5.02 Å². The van der Waals surface area contributed by atoms with Gasteiger partial charge in [-0.15, -0.1) is 0 Å². The van der Waals surface area contributed by atoms with Gasteiger partial charge in [0.1, 0.15) is 0 Å². The highest BCUT2D eigenvalue weighted by molar-refractivity contribution is 6.31. The second-order valence-electron chi connectivity index (χ2n) is 4.81. The maximum Gasteiger partial charge on any atom is 0.0917 e. The van der Waals surface area contributed by atoms with Gasteiger partial charge in [0.2, 0.25) is 0 Å². The third kappa shape index (κ3) is 5.77. The van der Waals surface area contributed by atoms with Crippen LogP contribution >= 0.6 is 11.6 Å². The van der Waals surface area contributed by atoms with Crippen LogP contribution < -0.4 is 0 Å². The fraction of sp³-hybridized carbons (Fsp3) is 0.600. The number of benzene rings is 1. The number of ether oxygens (including phenoxy) is 2. The molecule has 0 aliphatic carbocycles. The molecule has 0 spiro atoms. The van der Waals surface area contributed by atoms with Crippen molar-refractivity contribution in [3.8, 4) is 0 Å². The average molecular weight is 302 g/mol. The fourth-order valence-electron chi connectivity index (χ4n) is 1.96. The molecule has 0 fully saturated rings. The quantitative estimate of drug-likeness (QED) is 0.760. The average Bonchev–Trinajstić information content (AvgIpc) is 2.44. The van der Waals surface area contributed by atoms with Gasteiger partial charge in [-0.05, 0) is 24.1 Å². The molecule has 0 heterocycles. The van der Waals surface area contributed by atoms with Gasteiger partial charge < -0.3 is 14.6 Å². The van der Waals surface area contributed by atoms with Gasteiger partial charge in [-0.2, -0.15) is 0 Å². The van der Waals surface area contributed by atoms with E-state index in [0.29, 0.717) is 19.8 Å². The molecule has 1 N–H and O–H groups in total. The third-order valence-corrected chi connectivity index (χ3v) is 3.65. The Hall–Kier alpha value is -0.650. The van der Waals surface area contributed by atoms with Crippen LogP contribution in [0.4, 0.5) is 0 Å². The zero-order valence-corrected chi connectivity index (χ0v) is 13.2. The molecule has 0 aliphatic rings. The number of hydrogen-bond acceptors (Lipinski definition) is 4. The molecule has 0 aromatic heterocycles. The third-order valence-electron chi connectivity index (χ3n) is 3.22. The Kier molecular flexibility index (Phi) is 8.11. The number of methoxy groups -OCH3 is 2. The normalized spacial score (nSPS) is 12.9. The molecule has 0 saturated heterocycles. The lowest BCUT2D eigenvalue weighted by Crippen LogP contribution is -2.34. The van der Waals surface area contributed by atoms with E-state index in [1.807, 2.05) is 25.1 Å². The van der Waals surface area contributed by atoms with Crippen LogP contribution in [0.25, 0.3) is 0 Å². The lowest BCUT2D eigenvalue weighted by Gasteiger charge is -2.25. The van der Waals surface area contributed by atoms with Crippen molar-refractivity contribution in [2.24, 2.45) is 0 Å². The van der Waals surface area contributed by atoms with E-state index in [2.05, 4.69) is 4.90 Å². The van der Waals surface area contributed by atoms with Crippen molar-refractivity contribution < 1.29 is 14.6 Å². The van der Waals surface area contributed by atoms with E-state index in [0.717, 1.165) is 29.2 Å². The summed E-state index contributed by atoms with van der Waals surface area (Å²) in [6.45, 7) is 5.29. The lowest BCUT2D eigenvalue weighted by atomic mass is 10.1. The SMILES string of the molecule is COCCN(CCOC)CC(O)c1ccc(Cl)c(C)c1. The molecule has 1 rings (SSSR count). The molecule has 1 unspecified atom stereocenters. The molecule has 20 heavy (non-hydrogen) atoms. The Morgan fingerprint density at radius 2 is 1.80 bits per heavy atom. The van der Waals surface area contributed by atoms with Crippen LogP contribution in [-0.2, 0) is 9.47 Å². The van der Waals surface area contributed by atoms with E-state index in [1.165, 1.54) is 0 Å². The van der Waals surface area contributed by atoms with Crippen LogP contribution in [0.3, 0.4) is 0 Å². The minimum Gasteiger partial charge on any atom is -0.387 e. The maximum absolute atomic E-state index is 10.3. The van der Waals surface area contributed by atoms with Gasteiger partial charge in [0.15, 0.2) is 0 Å². The molecule has 4 nitrogen and oxygen atoms in total.